The van der Waals surface area contributed by atoms with E-state index in [4.69, 9.17) is 10.6 Å². The summed E-state index contributed by atoms with van der Waals surface area (Å²) in [5.41, 5.74) is -1.04. The molecule has 0 saturated carbocycles. The molecule has 0 aliphatic heterocycles. The van der Waals surface area contributed by atoms with Crippen LogP contribution in [0.2, 0.25) is 0 Å². The molecule has 0 spiro atoms. The van der Waals surface area contributed by atoms with Crippen molar-refractivity contribution < 1.29 is 15.4 Å². The predicted molar refractivity (Wildman–Crippen MR) is 101 cm³/mol. The molecule has 0 bridgehead atoms. The van der Waals surface area contributed by atoms with Crippen molar-refractivity contribution in [3.63, 3.8) is 0 Å². The molecule has 0 amide bonds. The van der Waals surface area contributed by atoms with Gasteiger partial charge >= 0.3 is 5.97 Å². The molecule has 2 nitrogen and oxygen atoms in total. The van der Waals surface area contributed by atoms with Crippen LogP contribution in [-0.2, 0) is 4.79 Å². The van der Waals surface area contributed by atoms with Gasteiger partial charge in [0, 0.05) is 5.48 Å². The molecule has 0 unspecified atom stereocenters. The highest BCUT2D eigenvalue weighted by Crippen LogP contribution is 2.28. The van der Waals surface area contributed by atoms with Gasteiger partial charge in [0.2, 0.25) is 0 Å². The first-order chi connectivity index (χ1) is 12.3. The summed E-state index contributed by atoms with van der Waals surface area (Å²) in [5.74, 6) is -1.37. The number of hydrogen-bond donors (Lipinski definition) is 1. The number of unbranched alkanes of at least 4 members (excludes halogenated alkanes) is 9. The molecule has 0 aliphatic carbocycles. The highest BCUT2D eigenvalue weighted by atomic mass is 16.4. The van der Waals surface area contributed by atoms with Gasteiger partial charge in [-0.2, -0.15) is 0 Å². The molecule has 0 aromatic rings. The second kappa shape index (κ2) is 11.9. The minimum Gasteiger partial charge on any atom is -0.481 e. The van der Waals surface area contributed by atoms with E-state index in [1.807, 2.05) is 13.8 Å². The number of rotatable bonds is 14. The third kappa shape index (κ3) is 17.7. The summed E-state index contributed by atoms with van der Waals surface area (Å²) >= 11 is 0. The summed E-state index contributed by atoms with van der Waals surface area (Å²) in [5, 5.41) is 9.03. The normalized spacial score (nSPS) is 15.9. The van der Waals surface area contributed by atoms with Gasteiger partial charge in [0.25, 0.3) is 0 Å². The fourth-order valence-electron chi connectivity index (χ4n) is 2.91. The van der Waals surface area contributed by atoms with E-state index in [-0.39, 0.29) is 5.41 Å². The summed E-state index contributed by atoms with van der Waals surface area (Å²) < 4.78 is 30.5. The quantitative estimate of drug-likeness (QED) is 0.341. The van der Waals surface area contributed by atoms with Crippen molar-refractivity contribution in [1.82, 2.24) is 0 Å². The average Bonchev–Trinajstić information content (AvgIpc) is 2.55. The van der Waals surface area contributed by atoms with Crippen molar-refractivity contribution in [3.05, 3.63) is 0 Å². The summed E-state index contributed by atoms with van der Waals surface area (Å²) in [7, 11) is 0. The molecule has 0 aromatic heterocycles. The molecule has 0 aromatic carbocycles. The van der Waals surface area contributed by atoms with E-state index in [0.29, 0.717) is 6.42 Å². The van der Waals surface area contributed by atoms with Crippen LogP contribution in [0, 0.1) is 10.8 Å². The van der Waals surface area contributed by atoms with Crippen LogP contribution < -0.4 is 0 Å². The van der Waals surface area contributed by atoms with Crippen molar-refractivity contribution in [2.24, 2.45) is 10.8 Å². The molecule has 0 rings (SSSR count). The van der Waals surface area contributed by atoms with Crippen LogP contribution in [0.15, 0.2) is 0 Å². The first-order valence-electron chi connectivity index (χ1n) is 11.6. The Bertz CT molecular complexity index is 420. The fraction of sp³-hybridized carbons (Fsp3) is 0.952. The lowest BCUT2D eigenvalue weighted by atomic mass is 9.83. The lowest BCUT2D eigenvalue weighted by Crippen LogP contribution is -2.16. The van der Waals surface area contributed by atoms with Gasteiger partial charge in [-0.25, -0.2) is 0 Å². The van der Waals surface area contributed by atoms with Gasteiger partial charge in [-0.3, -0.25) is 4.79 Å². The lowest BCUT2D eigenvalue weighted by molar-refractivity contribution is -0.139. The van der Waals surface area contributed by atoms with Gasteiger partial charge in [0.15, 0.2) is 0 Å². The Labute approximate surface area is 151 Å². The molecule has 23 heavy (non-hydrogen) atoms. The highest BCUT2D eigenvalue weighted by Gasteiger charge is 2.20. The summed E-state index contributed by atoms with van der Waals surface area (Å²) in [6.45, 7) is 6.68. The zero-order valence-corrected chi connectivity index (χ0v) is 15.9. The van der Waals surface area contributed by atoms with Gasteiger partial charge in [-0.15, -0.1) is 0 Å². The molecule has 138 valence electrons. The second-order valence-electron chi connectivity index (χ2n) is 8.34. The Hall–Kier alpha value is -0.530. The van der Waals surface area contributed by atoms with Crippen molar-refractivity contribution >= 4 is 5.97 Å². The molecule has 1 N–H and O–H groups in total. The largest absolute Gasteiger partial charge is 0.481 e. The Morgan fingerprint density at radius 2 is 1.22 bits per heavy atom. The molecular weight excluding hydrogens is 284 g/mol. The van der Waals surface area contributed by atoms with Crippen molar-refractivity contribution in [2.45, 2.75) is 118 Å². The van der Waals surface area contributed by atoms with E-state index in [1.165, 1.54) is 38.5 Å². The molecule has 0 fully saturated rings. The minimum absolute atomic E-state index is 0.196. The smallest absolute Gasteiger partial charge is 0.303 e. The van der Waals surface area contributed by atoms with Crippen molar-refractivity contribution in [3.8, 4) is 0 Å². The van der Waals surface area contributed by atoms with Crippen LogP contribution in [-0.4, -0.2) is 11.1 Å². The molecule has 0 radical (unpaired) electrons. The molecule has 2 heteroatoms. The number of hydrogen-bond acceptors (Lipinski definition) is 1. The Morgan fingerprint density at radius 3 is 1.61 bits per heavy atom. The first kappa shape index (κ1) is 16.0. The minimum atomic E-state index is -2.18. The van der Waals surface area contributed by atoms with E-state index < -0.39 is 24.6 Å². The van der Waals surface area contributed by atoms with Gasteiger partial charge in [0.1, 0.15) is 0 Å². The highest BCUT2D eigenvalue weighted by molar-refractivity contribution is 5.67. The Morgan fingerprint density at radius 1 is 0.826 bits per heavy atom. The van der Waals surface area contributed by atoms with E-state index in [0.717, 1.165) is 32.1 Å². The van der Waals surface area contributed by atoms with E-state index >= 15 is 0 Å². The predicted octanol–water partition coefficient (Wildman–Crippen LogP) is 7.21. The van der Waals surface area contributed by atoms with E-state index in [1.54, 1.807) is 13.8 Å². The van der Waals surface area contributed by atoms with Crippen LogP contribution in [0.3, 0.4) is 0 Å². The maximum atomic E-state index is 11.1. The van der Waals surface area contributed by atoms with Crippen LogP contribution in [0.4, 0.5) is 0 Å². The molecule has 0 atom stereocenters. The third-order valence-corrected chi connectivity index (χ3v) is 4.32. The molecule has 0 heterocycles. The third-order valence-electron chi connectivity index (χ3n) is 4.32. The Balaban J connectivity index is 3.60. The summed E-state index contributed by atoms with van der Waals surface area (Å²) in [6.07, 6.45) is 10.9. The zero-order chi connectivity index (χ0) is 21.1. The zero-order valence-electron chi connectivity index (χ0n) is 19.9. The van der Waals surface area contributed by atoms with Crippen LogP contribution >= 0.6 is 0 Å². The average molecular weight is 331 g/mol. The number of carbonyl (C=O) groups is 1. The molecule has 0 aliphatic rings. The fourth-order valence-corrected chi connectivity index (χ4v) is 2.91. The second-order valence-corrected chi connectivity index (χ2v) is 8.34. The maximum absolute atomic E-state index is 11.1. The van der Waals surface area contributed by atoms with E-state index in [2.05, 4.69) is 0 Å². The molecule has 0 saturated heterocycles. The van der Waals surface area contributed by atoms with Gasteiger partial charge < -0.3 is 5.11 Å². The first-order valence-corrected chi connectivity index (χ1v) is 9.42. The maximum Gasteiger partial charge on any atom is 0.303 e. The van der Waals surface area contributed by atoms with E-state index in [9.17, 15) is 4.79 Å². The van der Waals surface area contributed by atoms with Gasteiger partial charge in [0.05, 0.1) is 6.37 Å². The number of carboxylic acid groups (broad SMARTS) is 1. The number of carboxylic acids is 1. The topological polar surface area (TPSA) is 37.3 Å². The molecular formula is C21H42O2. The van der Waals surface area contributed by atoms with Crippen molar-refractivity contribution in [1.29, 1.82) is 0 Å². The SMILES string of the molecule is [2H]C([2H])C(C)(C)CCCCCCCCCCCCC(C)(C)C([2H])([2H])C(=O)O. The number of aliphatic carboxylic acids is 1. The van der Waals surface area contributed by atoms with Gasteiger partial charge in [-0.1, -0.05) is 98.8 Å². The van der Waals surface area contributed by atoms with Crippen LogP contribution in [0.25, 0.3) is 0 Å². The standard InChI is InChI=1S/C21H42O2/c1-20(2,3)16-14-12-10-8-6-7-9-11-13-15-17-21(4,5)18-19(22)23/h6-18H2,1-5H3,(H,22,23)/i1D2,18D2. The summed E-state index contributed by atoms with van der Waals surface area (Å²) in [4.78, 5) is 11.1. The summed E-state index contributed by atoms with van der Waals surface area (Å²) in [6, 6.07) is 0. The monoisotopic (exact) mass is 330 g/mol. The van der Waals surface area contributed by atoms with Crippen LogP contribution in [0.1, 0.15) is 123 Å². The van der Waals surface area contributed by atoms with Gasteiger partial charge in [-0.05, 0) is 23.7 Å². The van der Waals surface area contributed by atoms with Crippen LogP contribution in [0.5, 0.6) is 0 Å². The van der Waals surface area contributed by atoms with Crippen molar-refractivity contribution in [2.75, 3.05) is 0 Å². The lowest BCUT2D eigenvalue weighted by Gasteiger charge is -2.21. The Kier molecular flexibility index (Phi) is 8.28.